The minimum Gasteiger partial charge on any atom is -0.279 e. The van der Waals surface area contributed by atoms with Crippen molar-refractivity contribution >= 4 is 44.3 Å². The fourth-order valence-electron chi connectivity index (χ4n) is 10.5. The number of hydrogen-bond acceptors (Lipinski definition) is 2. The average molecular weight is 882 g/mol. The van der Waals surface area contributed by atoms with Crippen LogP contribution in [0, 0.1) is 0 Å². The second-order valence-corrected chi connectivity index (χ2v) is 16.7. The third-order valence-corrected chi connectivity index (χ3v) is 13.2. The second-order valence-electron chi connectivity index (χ2n) is 16.7. The third kappa shape index (κ3) is 6.16. The summed E-state index contributed by atoms with van der Waals surface area (Å²) in [5, 5.41) is 9.55. The molecule has 0 amide bonds. The van der Waals surface area contributed by atoms with Gasteiger partial charge in [-0.25, -0.2) is 9.97 Å². The number of benzene rings is 8. The zero-order chi connectivity index (χ0) is 42.1. The van der Waals surface area contributed by atoms with Crippen LogP contribution in [0.25, 0.3) is 111 Å². The van der Waals surface area contributed by atoms with Crippen LogP contribution in [0.2, 0.25) is 0 Å². The van der Waals surface area contributed by atoms with Gasteiger partial charge in [0.2, 0.25) is 0 Å². The maximum absolute atomic E-state index is 5.93. The first-order valence-electron chi connectivity index (χ1n) is 22.0. The molecule has 0 saturated heterocycles. The van der Waals surface area contributed by atoms with Gasteiger partial charge in [0.25, 0.3) is 0 Å². The number of quaternary nitrogens is 2. The number of hydrogen-bond donors (Lipinski definition) is 2. The molecule has 4 nitrogen and oxygen atoms in total. The topological polar surface area (TPSA) is 59.0 Å². The van der Waals surface area contributed by atoms with E-state index in [-0.39, 0.29) is 19.5 Å². The van der Waals surface area contributed by atoms with Crippen LogP contribution in [-0.4, -0.2) is 9.97 Å². The van der Waals surface area contributed by atoms with Crippen LogP contribution in [0.4, 0.5) is 22.7 Å². The van der Waals surface area contributed by atoms with Crippen molar-refractivity contribution in [2.75, 3.05) is 0 Å². The molecule has 0 unspecified atom stereocenters. The zero-order valence-corrected chi connectivity index (χ0v) is 38.5. The minimum absolute atomic E-state index is 0. The third-order valence-electron chi connectivity index (χ3n) is 13.2. The molecule has 0 spiro atoms. The Hall–Kier alpha value is -7.66. The Kier molecular flexibility index (Phi) is 9.50. The van der Waals surface area contributed by atoms with E-state index in [4.69, 9.17) is 9.97 Å². The molecule has 4 N–H and O–H groups in total. The van der Waals surface area contributed by atoms with Gasteiger partial charge in [-0.3, -0.25) is 10.6 Å². The van der Waals surface area contributed by atoms with Crippen LogP contribution < -0.4 is 10.6 Å². The van der Waals surface area contributed by atoms with Crippen molar-refractivity contribution < 1.29 is 30.1 Å². The van der Waals surface area contributed by atoms with Gasteiger partial charge in [0.15, 0.2) is 22.7 Å². The van der Waals surface area contributed by atoms with Gasteiger partial charge in [-0.05, 0) is 46.5 Å². The molecule has 8 aromatic rings. The molecule has 8 bridgehead atoms. The monoisotopic (exact) mass is 880 g/mol. The van der Waals surface area contributed by atoms with E-state index < -0.39 is 0 Å². The van der Waals surface area contributed by atoms with Gasteiger partial charge in [-0.1, -0.05) is 194 Å². The molecule has 5 aliphatic rings. The van der Waals surface area contributed by atoms with Gasteiger partial charge in [-0.15, -0.1) is 0 Å². The molecule has 4 aliphatic heterocycles. The van der Waals surface area contributed by atoms with Gasteiger partial charge in [0, 0.05) is 43.8 Å². The van der Waals surface area contributed by atoms with Gasteiger partial charge < -0.3 is 0 Å². The smallest absolute Gasteiger partial charge is 0.279 e. The summed E-state index contributed by atoms with van der Waals surface area (Å²) >= 11 is 0. The molecule has 0 radical (unpaired) electrons. The summed E-state index contributed by atoms with van der Waals surface area (Å²) in [6, 6.07) is 78.8. The first kappa shape index (κ1) is 39.0. The molecule has 5 heteroatoms. The van der Waals surface area contributed by atoms with Crippen LogP contribution >= 0.6 is 0 Å². The largest absolute Gasteiger partial charge is 2.00 e. The standard InChI is InChI=1S/C60H38N4.Zn/c1-5-21-37(22-6-1)49-53-41-29-13-15-31-43(41)55(61-53)50(38-23-7-2-8-24-38)57-45-33-17-19-35-47(45)59(63-57)52(40-27-11-4-12-28-40)60-48-36-20-18-34-46(48)58(64-60)51(39-25-9-3-10-26-39)56-44-32-16-14-30-42(44)54(49)62-56;/h1-36,61,64H;/q;+2/p+2. The number of rotatable bonds is 4. The van der Waals surface area contributed by atoms with Gasteiger partial charge in [0.1, 0.15) is 0 Å². The molecule has 298 valence electrons. The number of nitrogens with two attached hydrogens (primary N) is 2. The molecule has 13 rings (SSSR count). The van der Waals surface area contributed by atoms with Crippen LogP contribution in [-0.2, 0) is 19.5 Å². The maximum atomic E-state index is 5.93. The number of aromatic nitrogens is 2. The van der Waals surface area contributed by atoms with Crippen molar-refractivity contribution in [1.82, 2.24) is 9.97 Å². The summed E-state index contributed by atoms with van der Waals surface area (Å²) in [7, 11) is 0. The van der Waals surface area contributed by atoms with E-state index in [1.165, 1.54) is 21.5 Å². The summed E-state index contributed by atoms with van der Waals surface area (Å²) in [6.45, 7) is 0. The Morgan fingerprint density at radius 3 is 0.662 bits per heavy atom. The summed E-state index contributed by atoms with van der Waals surface area (Å²) in [6.07, 6.45) is 0. The van der Waals surface area contributed by atoms with Crippen LogP contribution in [0.1, 0.15) is 0 Å². The van der Waals surface area contributed by atoms with Crippen LogP contribution in [0.15, 0.2) is 218 Å². The van der Waals surface area contributed by atoms with E-state index in [2.05, 4.69) is 229 Å². The first-order chi connectivity index (χ1) is 31.8. The van der Waals surface area contributed by atoms with Crippen LogP contribution in [0.5, 0.6) is 0 Å². The molecule has 1 aliphatic carbocycles. The summed E-state index contributed by atoms with van der Waals surface area (Å²) in [4.78, 5) is 11.9. The Morgan fingerprint density at radius 2 is 0.431 bits per heavy atom. The van der Waals surface area contributed by atoms with E-state index in [9.17, 15) is 0 Å². The van der Waals surface area contributed by atoms with Crippen molar-refractivity contribution in [3.8, 4) is 89.5 Å². The molecule has 65 heavy (non-hydrogen) atoms. The molecule has 0 fully saturated rings. The molecule has 0 aromatic heterocycles. The SMILES string of the molecule is [Zn+2].c1ccc(-c2c3nc(c(-c4ccccc4)c4c5ccccc5c(c(-c5ccccc5)c5nc(c(-c6ccccc6)c6c7ccccc7c2[NH2+]6)-c2ccccc2-5)[NH2+]4)-c2ccccc2-3)cc1. The van der Waals surface area contributed by atoms with Gasteiger partial charge >= 0.3 is 19.5 Å². The van der Waals surface area contributed by atoms with E-state index in [1.807, 2.05) is 0 Å². The normalized spacial score (nSPS) is 12.1. The zero-order valence-electron chi connectivity index (χ0n) is 35.5. The maximum Gasteiger partial charge on any atom is 2.00 e. The molecule has 0 saturated carbocycles. The molecule has 4 heterocycles. The number of nitrogens with zero attached hydrogens (tertiary/aromatic N) is 2. The first-order valence-corrected chi connectivity index (χ1v) is 22.0. The average Bonchev–Trinajstić information content (AvgIpc) is 4.14. The van der Waals surface area contributed by atoms with Crippen molar-refractivity contribution in [1.29, 1.82) is 0 Å². The van der Waals surface area contributed by atoms with E-state index >= 15 is 0 Å². The van der Waals surface area contributed by atoms with E-state index in [0.717, 1.165) is 112 Å². The predicted octanol–water partition coefficient (Wildman–Crippen LogP) is 13.8. The minimum atomic E-state index is 0. The molecular formula is C60H40N4Zn+4. The Balaban J connectivity index is 0.00000444. The fourth-order valence-corrected chi connectivity index (χ4v) is 10.5. The Labute approximate surface area is 390 Å². The van der Waals surface area contributed by atoms with Crippen molar-refractivity contribution in [3.63, 3.8) is 0 Å². The van der Waals surface area contributed by atoms with Crippen LogP contribution in [0.3, 0.4) is 0 Å². The Morgan fingerprint density at radius 1 is 0.231 bits per heavy atom. The quantitative estimate of drug-likeness (QED) is 0.173. The van der Waals surface area contributed by atoms with E-state index in [0.29, 0.717) is 0 Å². The van der Waals surface area contributed by atoms with Crippen molar-refractivity contribution in [3.05, 3.63) is 218 Å². The van der Waals surface area contributed by atoms with Gasteiger partial charge in [0.05, 0.1) is 45.0 Å². The van der Waals surface area contributed by atoms with Crippen molar-refractivity contribution in [2.45, 2.75) is 0 Å². The van der Waals surface area contributed by atoms with E-state index in [1.54, 1.807) is 0 Å². The fraction of sp³-hybridized carbons (Fsp3) is 0. The summed E-state index contributed by atoms with van der Waals surface area (Å²) in [5.74, 6) is 0. The summed E-state index contributed by atoms with van der Waals surface area (Å²) in [5.41, 5.74) is 21.8. The summed E-state index contributed by atoms with van der Waals surface area (Å²) < 4.78 is 0. The predicted molar refractivity (Wildman–Crippen MR) is 263 cm³/mol. The molecular weight excluding hydrogens is 842 g/mol. The molecule has 8 aromatic carbocycles. The van der Waals surface area contributed by atoms with Gasteiger partial charge in [-0.2, -0.15) is 0 Å². The molecule has 0 atom stereocenters. The Bertz CT molecular complexity index is 3170. The van der Waals surface area contributed by atoms with Crippen molar-refractivity contribution in [2.24, 2.45) is 0 Å². The second kappa shape index (κ2) is 15.9.